The van der Waals surface area contributed by atoms with Gasteiger partial charge in [-0.05, 0) is 18.1 Å². The molecule has 0 aliphatic carbocycles. The summed E-state index contributed by atoms with van der Waals surface area (Å²) in [6, 6.07) is -1.14. The van der Waals surface area contributed by atoms with Crippen molar-refractivity contribution in [1.29, 1.82) is 0 Å². The predicted molar refractivity (Wildman–Crippen MR) is 37.5 cm³/mol. The van der Waals surface area contributed by atoms with Crippen molar-refractivity contribution in [3.63, 3.8) is 0 Å². The first-order valence-corrected chi connectivity index (χ1v) is 2.58. The highest BCUT2D eigenvalue weighted by atomic mass is 35.5. The average molecular weight is 147 g/mol. The zero-order valence-electron chi connectivity index (χ0n) is 7.40. The minimum Gasteiger partial charge on any atom is -0.506 e. The number of phenols is 1. The largest absolute Gasteiger partial charge is 0.506 e. The number of hydrogen-bond donors (Lipinski definition) is 2. The zero-order valence-corrected chi connectivity index (χ0v) is 5.16. The van der Waals surface area contributed by atoms with E-state index in [-0.39, 0.29) is 22.8 Å². The smallest absolute Gasteiger partial charge is 0.138 e. The molecule has 1 aromatic rings. The minimum atomic E-state index is -0.561. The van der Waals surface area contributed by atoms with Crippen LogP contribution in [0.25, 0.3) is 0 Å². The lowest BCUT2D eigenvalue weighted by Crippen LogP contribution is -1.83. The van der Waals surface area contributed by atoms with Crippen molar-refractivity contribution in [1.82, 2.24) is 0 Å². The molecule has 0 saturated heterocycles. The summed E-state index contributed by atoms with van der Waals surface area (Å²) >= 11 is 5.47. The quantitative estimate of drug-likeness (QED) is 0.432. The maximum atomic E-state index is 9.08. The van der Waals surface area contributed by atoms with Crippen LogP contribution in [0.2, 0.25) is 5.02 Å². The number of aromatic hydroxyl groups is 1. The van der Waals surface area contributed by atoms with Crippen molar-refractivity contribution in [3.05, 3.63) is 23.1 Å². The second kappa shape index (κ2) is 2.15. The molecule has 0 heterocycles. The van der Waals surface area contributed by atoms with Crippen LogP contribution in [0.3, 0.4) is 0 Å². The maximum Gasteiger partial charge on any atom is 0.138 e. The Bertz CT molecular complexity index is 237. The molecule has 0 radical (unpaired) electrons. The van der Waals surface area contributed by atoms with Gasteiger partial charge in [-0.15, -0.1) is 0 Å². The van der Waals surface area contributed by atoms with Gasteiger partial charge in [0.1, 0.15) is 5.75 Å². The first-order valence-electron chi connectivity index (χ1n) is 3.70. The van der Waals surface area contributed by atoms with Gasteiger partial charge < -0.3 is 10.8 Å². The van der Waals surface area contributed by atoms with Crippen molar-refractivity contribution in [3.8, 4) is 5.75 Å². The normalized spacial score (nSPS) is 14.1. The molecule has 48 valence electrons. The van der Waals surface area contributed by atoms with Crippen molar-refractivity contribution in [2.75, 3.05) is 5.73 Å². The lowest BCUT2D eigenvalue weighted by molar-refractivity contribution is 0.478. The SMILES string of the molecule is [2H]c1c([2H])c(Cl)c([2H])c(N)c1O. The highest BCUT2D eigenvalue weighted by Crippen LogP contribution is 2.22. The summed E-state index contributed by atoms with van der Waals surface area (Å²) in [5, 5.41) is 8.87. The van der Waals surface area contributed by atoms with Crippen molar-refractivity contribution in [2.24, 2.45) is 0 Å². The van der Waals surface area contributed by atoms with Gasteiger partial charge in [0.15, 0.2) is 0 Å². The summed E-state index contributed by atoms with van der Waals surface area (Å²) in [5.41, 5.74) is 4.96. The van der Waals surface area contributed by atoms with Crippen LogP contribution in [0, 0.1) is 0 Å². The Hall–Kier alpha value is -0.890. The third kappa shape index (κ3) is 1.27. The van der Waals surface area contributed by atoms with Crippen LogP contribution in [0.4, 0.5) is 5.69 Å². The molecule has 0 amide bonds. The molecule has 2 nitrogen and oxygen atoms in total. The van der Waals surface area contributed by atoms with E-state index >= 15 is 0 Å². The van der Waals surface area contributed by atoms with Gasteiger partial charge in [0.25, 0.3) is 0 Å². The number of phenolic OH excluding ortho intramolecular Hbond substituents is 1. The molecule has 0 aromatic heterocycles. The van der Waals surface area contributed by atoms with E-state index in [0.717, 1.165) is 0 Å². The van der Waals surface area contributed by atoms with Gasteiger partial charge in [0.2, 0.25) is 0 Å². The van der Waals surface area contributed by atoms with Gasteiger partial charge in [-0.25, -0.2) is 0 Å². The van der Waals surface area contributed by atoms with E-state index in [2.05, 4.69) is 0 Å². The molecule has 1 rings (SSSR count). The number of halogens is 1. The number of rotatable bonds is 0. The van der Waals surface area contributed by atoms with Crippen LogP contribution in [-0.4, -0.2) is 5.11 Å². The molecule has 9 heavy (non-hydrogen) atoms. The Morgan fingerprint density at radius 1 is 1.67 bits per heavy atom. The van der Waals surface area contributed by atoms with Crippen molar-refractivity contribution in [2.45, 2.75) is 0 Å². The number of nitrogen functional groups attached to an aromatic ring is 1. The van der Waals surface area contributed by atoms with E-state index in [0.29, 0.717) is 0 Å². The standard InChI is InChI=1S/C6H6ClNO/c7-4-1-2-6(9)5(8)3-4/h1-3,9H,8H2/i1D,2D,3D. The number of anilines is 1. The maximum absolute atomic E-state index is 9.08. The molecule has 1 aromatic carbocycles. The van der Waals surface area contributed by atoms with Gasteiger partial charge in [-0.1, -0.05) is 11.6 Å². The third-order valence-corrected chi connectivity index (χ3v) is 0.979. The topological polar surface area (TPSA) is 46.2 Å². The summed E-state index contributed by atoms with van der Waals surface area (Å²) in [7, 11) is 0. The van der Waals surface area contributed by atoms with Crippen LogP contribution in [0.1, 0.15) is 4.11 Å². The average Bonchev–Trinajstić information content (AvgIpc) is 2.08. The lowest BCUT2D eigenvalue weighted by atomic mass is 10.3. The fourth-order valence-electron chi connectivity index (χ4n) is 0.390. The van der Waals surface area contributed by atoms with Crippen molar-refractivity contribution < 1.29 is 9.22 Å². The van der Waals surface area contributed by atoms with Crippen LogP contribution in [0.5, 0.6) is 5.75 Å². The second-order valence-corrected chi connectivity index (χ2v) is 1.83. The van der Waals surface area contributed by atoms with E-state index in [1.54, 1.807) is 0 Å². The molecule has 0 aliphatic rings. The van der Waals surface area contributed by atoms with Gasteiger partial charge in [0, 0.05) is 5.02 Å². The number of nitrogens with two attached hydrogens (primary N) is 1. The lowest BCUT2D eigenvalue weighted by Gasteiger charge is -1.95. The molecule has 0 spiro atoms. The predicted octanol–water partition coefficient (Wildman–Crippen LogP) is 1.63. The summed E-state index contributed by atoms with van der Waals surface area (Å²) in [5.74, 6) is -0.561. The molecule has 3 N–H and O–H groups in total. The highest BCUT2D eigenvalue weighted by molar-refractivity contribution is 6.30. The fraction of sp³-hybridized carbons (Fsp3) is 0. The van der Waals surface area contributed by atoms with E-state index < -0.39 is 11.8 Å². The van der Waals surface area contributed by atoms with Gasteiger partial charge in [-0.3, -0.25) is 0 Å². The first kappa shape index (κ1) is 3.32. The summed E-state index contributed by atoms with van der Waals surface area (Å²) in [6.07, 6.45) is 0. The van der Waals surface area contributed by atoms with E-state index in [1.807, 2.05) is 0 Å². The van der Waals surface area contributed by atoms with Gasteiger partial charge in [-0.2, -0.15) is 0 Å². The molecule has 0 saturated carbocycles. The molecule has 0 atom stereocenters. The fourth-order valence-corrected chi connectivity index (χ4v) is 0.539. The van der Waals surface area contributed by atoms with Crippen LogP contribution in [-0.2, 0) is 0 Å². The van der Waals surface area contributed by atoms with Gasteiger partial charge >= 0.3 is 0 Å². The summed E-state index contributed by atoms with van der Waals surface area (Å²) in [4.78, 5) is 0. The van der Waals surface area contributed by atoms with Crippen molar-refractivity contribution >= 4 is 17.3 Å². The monoisotopic (exact) mass is 146 g/mol. The Labute approximate surface area is 62.1 Å². The van der Waals surface area contributed by atoms with E-state index in [9.17, 15) is 0 Å². The summed E-state index contributed by atoms with van der Waals surface area (Å²) < 4.78 is 21.5. The minimum absolute atomic E-state index is 0.213. The molecular weight excluding hydrogens is 138 g/mol. The second-order valence-electron chi connectivity index (χ2n) is 1.45. The number of hydrogen-bond acceptors (Lipinski definition) is 2. The Morgan fingerprint density at radius 2 is 2.33 bits per heavy atom. The van der Waals surface area contributed by atoms with Crippen LogP contribution >= 0.6 is 11.6 Å². The highest BCUT2D eigenvalue weighted by Gasteiger charge is 1.93. The number of benzene rings is 1. The Morgan fingerprint density at radius 3 is 3.00 bits per heavy atom. The molecule has 0 unspecified atom stereocenters. The van der Waals surface area contributed by atoms with Crippen LogP contribution < -0.4 is 5.73 Å². The molecule has 3 heteroatoms. The molecule has 0 bridgehead atoms. The Kier molecular flexibility index (Phi) is 0.794. The molecular formula is C6H6ClNO. The molecule has 0 fully saturated rings. The Balaban J connectivity index is 3.60. The zero-order chi connectivity index (χ0) is 9.46. The van der Waals surface area contributed by atoms with Gasteiger partial charge in [0.05, 0.1) is 9.80 Å². The summed E-state index contributed by atoms with van der Waals surface area (Å²) in [6.45, 7) is 0. The first-order chi connectivity index (χ1) is 5.46. The third-order valence-electron chi connectivity index (χ3n) is 0.790. The van der Waals surface area contributed by atoms with E-state index in [1.165, 1.54) is 0 Å². The van der Waals surface area contributed by atoms with Crippen LogP contribution in [0.15, 0.2) is 18.1 Å². The molecule has 0 aliphatic heterocycles. The van der Waals surface area contributed by atoms with E-state index in [4.69, 9.17) is 26.6 Å².